The van der Waals surface area contributed by atoms with Gasteiger partial charge < -0.3 is 9.47 Å². The predicted molar refractivity (Wildman–Crippen MR) is 61.7 cm³/mol. The quantitative estimate of drug-likeness (QED) is 0.535. The first-order valence-corrected chi connectivity index (χ1v) is 5.38. The minimum Gasteiger partial charge on any atom is -0.451 e. The minimum atomic E-state index is -1.58. The summed E-state index contributed by atoms with van der Waals surface area (Å²) in [5.74, 6) is -3.20. The van der Waals surface area contributed by atoms with Gasteiger partial charge in [-0.05, 0) is 27.7 Å². The molecule has 0 bridgehead atoms. The molecule has 0 atom stereocenters. The Morgan fingerprint density at radius 2 is 0.889 bits per heavy atom. The highest BCUT2D eigenvalue weighted by Crippen LogP contribution is 2.19. The molecule has 0 aliphatic rings. The molecule has 0 spiro atoms. The third kappa shape index (κ3) is 4.27. The SMILES string of the molecule is CC(=O)OC(C)(C)C(=O)C(=O)C(C)(C)OC(C)=O. The van der Waals surface area contributed by atoms with Gasteiger partial charge in [-0.1, -0.05) is 0 Å². The maximum atomic E-state index is 11.9. The van der Waals surface area contributed by atoms with Crippen LogP contribution in [0, 0.1) is 0 Å². The van der Waals surface area contributed by atoms with E-state index < -0.39 is 34.7 Å². The highest BCUT2D eigenvalue weighted by molar-refractivity contribution is 6.43. The predicted octanol–water partition coefficient (Wildman–Crippen LogP) is 0.808. The van der Waals surface area contributed by atoms with Crippen LogP contribution in [0.25, 0.3) is 0 Å². The Labute approximate surface area is 106 Å². The Hall–Kier alpha value is -1.72. The van der Waals surface area contributed by atoms with Gasteiger partial charge in [0.15, 0.2) is 11.2 Å². The van der Waals surface area contributed by atoms with Crippen LogP contribution in [0.15, 0.2) is 0 Å². The van der Waals surface area contributed by atoms with Crippen LogP contribution in [0.3, 0.4) is 0 Å². The molecule has 0 N–H and O–H groups in total. The van der Waals surface area contributed by atoms with Crippen LogP contribution < -0.4 is 0 Å². The van der Waals surface area contributed by atoms with Crippen molar-refractivity contribution in [1.29, 1.82) is 0 Å². The van der Waals surface area contributed by atoms with Gasteiger partial charge >= 0.3 is 11.9 Å². The molecule has 102 valence electrons. The number of hydrogen-bond donors (Lipinski definition) is 0. The van der Waals surface area contributed by atoms with Crippen LogP contribution in [0.2, 0.25) is 0 Å². The standard InChI is InChI=1S/C12H18O6/c1-7(13)17-11(3,4)9(15)10(16)12(5,6)18-8(2)14/h1-6H3. The smallest absolute Gasteiger partial charge is 0.303 e. The topological polar surface area (TPSA) is 86.7 Å². The van der Waals surface area contributed by atoms with Crippen LogP contribution in [0.4, 0.5) is 0 Å². The van der Waals surface area contributed by atoms with Gasteiger partial charge in [-0.25, -0.2) is 0 Å². The Morgan fingerprint density at radius 3 is 1.06 bits per heavy atom. The summed E-state index contributed by atoms with van der Waals surface area (Å²) in [6.07, 6.45) is 0. The zero-order valence-electron chi connectivity index (χ0n) is 11.4. The summed E-state index contributed by atoms with van der Waals surface area (Å²) in [4.78, 5) is 45.5. The molecular formula is C12H18O6. The lowest BCUT2D eigenvalue weighted by molar-refractivity contribution is -0.172. The van der Waals surface area contributed by atoms with Gasteiger partial charge in [-0.2, -0.15) is 0 Å². The number of carbonyl (C=O) groups is 4. The van der Waals surface area contributed by atoms with Gasteiger partial charge in [-0.15, -0.1) is 0 Å². The van der Waals surface area contributed by atoms with E-state index in [9.17, 15) is 19.2 Å². The van der Waals surface area contributed by atoms with E-state index in [-0.39, 0.29) is 0 Å². The third-order valence-corrected chi connectivity index (χ3v) is 2.10. The molecule has 0 rings (SSSR count). The second-order valence-corrected chi connectivity index (χ2v) is 4.87. The highest BCUT2D eigenvalue weighted by Gasteiger charge is 2.44. The molecule has 0 amide bonds. The van der Waals surface area contributed by atoms with E-state index in [1.165, 1.54) is 27.7 Å². The number of hydrogen-bond acceptors (Lipinski definition) is 6. The zero-order valence-corrected chi connectivity index (χ0v) is 11.4. The van der Waals surface area contributed by atoms with Gasteiger partial charge in [-0.3, -0.25) is 19.2 Å². The first-order chi connectivity index (χ1) is 7.90. The molecule has 6 nitrogen and oxygen atoms in total. The van der Waals surface area contributed by atoms with Gasteiger partial charge in [0, 0.05) is 13.8 Å². The lowest BCUT2D eigenvalue weighted by Crippen LogP contribution is -2.50. The Bertz CT molecular complexity index is 353. The summed E-state index contributed by atoms with van der Waals surface area (Å²) >= 11 is 0. The van der Waals surface area contributed by atoms with Crippen molar-refractivity contribution in [2.75, 3.05) is 0 Å². The fourth-order valence-corrected chi connectivity index (χ4v) is 1.36. The average molecular weight is 258 g/mol. The first kappa shape index (κ1) is 16.3. The zero-order chi connectivity index (χ0) is 14.7. The fraction of sp³-hybridized carbons (Fsp3) is 0.667. The van der Waals surface area contributed by atoms with E-state index >= 15 is 0 Å². The van der Waals surface area contributed by atoms with Crippen molar-refractivity contribution < 1.29 is 28.7 Å². The summed E-state index contributed by atoms with van der Waals surface area (Å²) in [7, 11) is 0. The summed E-state index contributed by atoms with van der Waals surface area (Å²) in [5.41, 5.74) is -3.17. The molecule has 0 saturated heterocycles. The molecule has 0 heterocycles. The maximum Gasteiger partial charge on any atom is 0.303 e. The van der Waals surface area contributed by atoms with Gasteiger partial charge in [0.05, 0.1) is 0 Å². The molecule has 0 aliphatic carbocycles. The van der Waals surface area contributed by atoms with Crippen LogP contribution >= 0.6 is 0 Å². The van der Waals surface area contributed by atoms with Crippen molar-refractivity contribution in [2.45, 2.75) is 52.7 Å². The van der Waals surface area contributed by atoms with Crippen LogP contribution in [0.1, 0.15) is 41.5 Å². The third-order valence-electron chi connectivity index (χ3n) is 2.10. The van der Waals surface area contributed by atoms with Crippen molar-refractivity contribution in [3.05, 3.63) is 0 Å². The van der Waals surface area contributed by atoms with E-state index in [1.807, 2.05) is 0 Å². The van der Waals surface area contributed by atoms with E-state index in [1.54, 1.807) is 0 Å². The van der Waals surface area contributed by atoms with Gasteiger partial charge in [0.2, 0.25) is 11.6 Å². The molecular weight excluding hydrogens is 240 g/mol. The van der Waals surface area contributed by atoms with Crippen molar-refractivity contribution in [2.24, 2.45) is 0 Å². The number of ether oxygens (including phenoxy) is 2. The second-order valence-electron chi connectivity index (χ2n) is 4.87. The summed E-state index contributed by atoms with van der Waals surface area (Å²) in [5, 5.41) is 0. The monoisotopic (exact) mass is 258 g/mol. The Balaban J connectivity index is 5.05. The van der Waals surface area contributed by atoms with Crippen molar-refractivity contribution in [3.63, 3.8) is 0 Å². The van der Waals surface area contributed by atoms with Crippen LogP contribution in [-0.2, 0) is 28.7 Å². The molecule has 0 fully saturated rings. The van der Waals surface area contributed by atoms with E-state index in [0.717, 1.165) is 13.8 Å². The average Bonchev–Trinajstić information content (AvgIpc) is 2.11. The number of ketones is 2. The molecule has 0 aromatic rings. The molecule has 0 aromatic carbocycles. The van der Waals surface area contributed by atoms with Crippen LogP contribution in [-0.4, -0.2) is 34.7 Å². The van der Waals surface area contributed by atoms with Crippen molar-refractivity contribution in [3.8, 4) is 0 Å². The normalized spacial score (nSPS) is 11.7. The van der Waals surface area contributed by atoms with Crippen molar-refractivity contribution in [1.82, 2.24) is 0 Å². The lowest BCUT2D eigenvalue weighted by atomic mass is 9.90. The summed E-state index contributed by atoms with van der Waals surface area (Å²) in [6.45, 7) is 7.49. The van der Waals surface area contributed by atoms with Gasteiger partial charge in [0.1, 0.15) is 0 Å². The Kier molecular flexibility index (Phi) is 4.78. The maximum absolute atomic E-state index is 11.9. The largest absolute Gasteiger partial charge is 0.451 e. The van der Waals surface area contributed by atoms with Crippen molar-refractivity contribution >= 4 is 23.5 Å². The molecule has 0 unspecified atom stereocenters. The lowest BCUT2D eigenvalue weighted by Gasteiger charge is -2.27. The molecule has 18 heavy (non-hydrogen) atoms. The van der Waals surface area contributed by atoms with E-state index in [4.69, 9.17) is 9.47 Å². The van der Waals surface area contributed by atoms with Gasteiger partial charge in [0.25, 0.3) is 0 Å². The molecule has 0 aromatic heterocycles. The first-order valence-electron chi connectivity index (χ1n) is 5.38. The number of esters is 2. The molecule has 6 heteroatoms. The fourth-order valence-electron chi connectivity index (χ4n) is 1.36. The van der Waals surface area contributed by atoms with E-state index in [2.05, 4.69) is 0 Å². The van der Waals surface area contributed by atoms with E-state index in [0.29, 0.717) is 0 Å². The minimum absolute atomic E-state index is 0.675. The van der Waals surface area contributed by atoms with Crippen LogP contribution in [0.5, 0.6) is 0 Å². The molecule has 0 radical (unpaired) electrons. The second kappa shape index (κ2) is 5.29. The number of rotatable bonds is 5. The summed E-state index contributed by atoms with van der Waals surface area (Å²) < 4.78 is 9.54. The highest BCUT2D eigenvalue weighted by atomic mass is 16.6. The summed E-state index contributed by atoms with van der Waals surface area (Å²) in [6, 6.07) is 0. The number of carbonyl (C=O) groups excluding carboxylic acids is 4. The molecule has 0 saturated carbocycles. The Morgan fingerprint density at radius 1 is 0.667 bits per heavy atom. The molecule has 0 aliphatic heterocycles. The number of Topliss-reactive ketones (excluding diaryl/α,β-unsaturated/α-hetero) is 2.